The summed E-state index contributed by atoms with van der Waals surface area (Å²) >= 11 is 0. The third-order valence-corrected chi connectivity index (χ3v) is 7.60. The summed E-state index contributed by atoms with van der Waals surface area (Å²) in [4.78, 5) is 66.4. The Balaban J connectivity index is 1.35. The van der Waals surface area contributed by atoms with Gasteiger partial charge in [-0.15, -0.1) is 0 Å². The number of rotatable bonds is 4. The van der Waals surface area contributed by atoms with Gasteiger partial charge in [-0.1, -0.05) is 36.4 Å². The van der Waals surface area contributed by atoms with Crippen molar-refractivity contribution in [2.45, 2.75) is 32.2 Å². The number of hydrogen-bond acceptors (Lipinski definition) is 7. The predicted octanol–water partition coefficient (Wildman–Crippen LogP) is 2.67. The molecule has 4 amide bonds. The first kappa shape index (κ1) is 31.9. The van der Waals surface area contributed by atoms with Crippen molar-refractivity contribution in [3.05, 3.63) is 102 Å². The summed E-state index contributed by atoms with van der Waals surface area (Å²) < 4.78 is 5.79. The van der Waals surface area contributed by atoms with Crippen LogP contribution in [0.3, 0.4) is 0 Å². The van der Waals surface area contributed by atoms with Crippen LogP contribution in [0.25, 0.3) is 11.1 Å². The van der Waals surface area contributed by atoms with Gasteiger partial charge in [0.25, 0.3) is 11.8 Å². The van der Waals surface area contributed by atoms with Crippen molar-refractivity contribution in [3.8, 4) is 16.9 Å². The van der Waals surface area contributed by atoms with Crippen LogP contribution < -0.4 is 20.7 Å². The van der Waals surface area contributed by atoms with Crippen molar-refractivity contribution in [1.82, 2.24) is 35.8 Å². The molecule has 238 valence electrons. The lowest BCUT2D eigenvalue weighted by Crippen LogP contribution is -2.48. The van der Waals surface area contributed by atoms with Crippen molar-refractivity contribution in [2.24, 2.45) is 0 Å². The van der Waals surface area contributed by atoms with Gasteiger partial charge in [0.15, 0.2) is 0 Å². The van der Waals surface area contributed by atoms with Crippen LogP contribution in [0.15, 0.2) is 79.4 Å². The van der Waals surface area contributed by atoms with E-state index in [1.54, 1.807) is 49.6 Å². The first-order valence-corrected chi connectivity index (χ1v) is 15.2. The van der Waals surface area contributed by atoms with E-state index in [-0.39, 0.29) is 50.4 Å². The zero-order valence-corrected chi connectivity index (χ0v) is 25.6. The molecule has 2 aromatic carbocycles. The Morgan fingerprint density at radius 2 is 1.80 bits per heavy atom. The minimum atomic E-state index is -0.857. The molecule has 2 aromatic heterocycles. The van der Waals surface area contributed by atoms with Crippen LogP contribution in [0.1, 0.15) is 44.9 Å². The van der Waals surface area contributed by atoms with Crippen LogP contribution in [-0.2, 0) is 16.0 Å². The van der Waals surface area contributed by atoms with Crippen LogP contribution in [0.2, 0.25) is 0 Å². The lowest BCUT2D eigenvalue weighted by atomic mass is 9.98. The fourth-order valence-corrected chi connectivity index (χ4v) is 5.25. The SMILES string of the molecule is Cc1nccc(-c2ccccc2)c1C(=O)N1CCCCNC(=O)[C@H](Cc2cnc[nH]2)NC(=O)c2cccc(c2)OCCNC(=O)C1. The largest absolute Gasteiger partial charge is 0.492 e. The normalized spacial score (nSPS) is 16.9. The standard InChI is InChI=1S/C34H37N7O5/c1-23-31(28(12-14-36-23)24-8-3-2-4-9-24)34(45)41-16-6-5-13-38-33(44)29(19-26-20-35-22-39-26)40-32(43)25-10-7-11-27(18-25)46-17-15-37-30(42)21-41/h2-4,7-12,14,18,20,22,29H,5-6,13,15-17,19,21H2,1H3,(H,35,39)(H,37,42)(H,38,44)(H,40,43)/t29-/m0/s1. The van der Waals surface area contributed by atoms with Crippen LogP contribution in [0, 0.1) is 6.92 Å². The summed E-state index contributed by atoms with van der Waals surface area (Å²) in [5.41, 5.74) is 3.64. The number of hydrogen-bond donors (Lipinski definition) is 4. The highest BCUT2D eigenvalue weighted by Crippen LogP contribution is 2.26. The number of imidazole rings is 1. The Bertz CT molecular complexity index is 1660. The summed E-state index contributed by atoms with van der Waals surface area (Å²) in [5, 5.41) is 8.56. The molecule has 5 rings (SSSR count). The van der Waals surface area contributed by atoms with E-state index in [2.05, 4.69) is 30.9 Å². The van der Waals surface area contributed by atoms with E-state index >= 15 is 0 Å². The zero-order chi connectivity index (χ0) is 32.3. The molecule has 2 bridgehead atoms. The number of pyridine rings is 1. The second kappa shape index (κ2) is 15.5. The number of carbonyl (C=O) groups is 4. The lowest BCUT2D eigenvalue weighted by Gasteiger charge is -2.24. The fraction of sp³-hybridized carbons (Fsp3) is 0.294. The molecule has 3 heterocycles. The van der Waals surface area contributed by atoms with Gasteiger partial charge in [-0.2, -0.15) is 0 Å². The highest BCUT2D eigenvalue weighted by atomic mass is 16.5. The molecule has 0 aliphatic carbocycles. The number of H-pyrrole nitrogens is 1. The summed E-state index contributed by atoms with van der Waals surface area (Å²) in [6, 6.07) is 17.1. The first-order valence-electron chi connectivity index (χ1n) is 15.2. The summed E-state index contributed by atoms with van der Waals surface area (Å²) in [5.74, 6) is -0.970. The van der Waals surface area contributed by atoms with E-state index in [1.807, 2.05) is 30.3 Å². The fourth-order valence-electron chi connectivity index (χ4n) is 5.25. The third-order valence-electron chi connectivity index (χ3n) is 7.60. The maximum atomic E-state index is 14.1. The summed E-state index contributed by atoms with van der Waals surface area (Å²) in [6.07, 6.45) is 6.07. The van der Waals surface area contributed by atoms with E-state index in [4.69, 9.17) is 4.74 Å². The molecule has 1 aliphatic heterocycles. The minimum absolute atomic E-state index is 0.148. The molecule has 12 heteroatoms. The van der Waals surface area contributed by atoms with E-state index in [0.29, 0.717) is 47.7 Å². The number of aromatic nitrogens is 3. The second-order valence-electron chi connectivity index (χ2n) is 10.9. The maximum absolute atomic E-state index is 14.1. The van der Waals surface area contributed by atoms with Crippen molar-refractivity contribution >= 4 is 23.6 Å². The lowest BCUT2D eigenvalue weighted by molar-refractivity contribution is -0.123. The van der Waals surface area contributed by atoms with Crippen LogP contribution in [-0.4, -0.2) is 82.3 Å². The highest BCUT2D eigenvalue weighted by molar-refractivity contribution is 6.03. The third kappa shape index (κ3) is 8.35. The van der Waals surface area contributed by atoms with Gasteiger partial charge in [-0.25, -0.2) is 4.98 Å². The van der Waals surface area contributed by atoms with Crippen LogP contribution in [0.4, 0.5) is 0 Å². The Morgan fingerprint density at radius 3 is 2.61 bits per heavy atom. The van der Waals surface area contributed by atoms with Crippen molar-refractivity contribution in [2.75, 3.05) is 32.8 Å². The smallest absolute Gasteiger partial charge is 0.256 e. The predicted molar refractivity (Wildman–Crippen MR) is 171 cm³/mol. The molecular weight excluding hydrogens is 586 g/mol. The molecule has 1 aliphatic rings. The van der Waals surface area contributed by atoms with Crippen LogP contribution >= 0.6 is 0 Å². The second-order valence-corrected chi connectivity index (χ2v) is 10.9. The molecule has 12 nitrogen and oxygen atoms in total. The molecule has 0 saturated heterocycles. The van der Waals surface area contributed by atoms with Gasteiger partial charge in [-0.3, -0.25) is 24.2 Å². The Labute approximate surface area is 267 Å². The van der Waals surface area contributed by atoms with Gasteiger partial charge in [0.2, 0.25) is 11.8 Å². The summed E-state index contributed by atoms with van der Waals surface area (Å²) in [7, 11) is 0. The van der Waals surface area contributed by atoms with Gasteiger partial charge in [0, 0.05) is 43.2 Å². The highest BCUT2D eigenvalue weighted by Gasteiger charge is 2.25. The number of aromatic amines is 1. The number of ether oxygens (including phenoxy) is 1. The average molecular weight is 624 g/mol. The maximum Gasteiger partial charge on any atom is 0.256 e. The van der Waals surface area contributed by atoms with Gasteiger partial charge >= 0.3 is 0 Å². The molecule has 0 saturated carbocycles. The van der Waals surface area contributed by atoms with Gasteiger partial charge < -0.3 is 30.6 Å². The number of carbonyl (C=O) groups excluding carboxylic acids is 4. The number of benzene rings is 2. The molecule has 4 aromatic rings. The van der Waals surface area contributed by atoms with E-state index < -0.39 is 11.9 Å². The quantitative estimate of drug-likeness (QED) is 0.272. The number of fused-ring (bicyclic) bond motifs is 2. The van der Waals surface area contributed by atoms with Crippen molar-refractivity contribution in [1.29, 1.82) is 0 Å². The minimum Gasteiger partial charge on any atom is -0.492 e. The van der Waals surface area contributed by atoms with Crippen molar-refractivity contribution in [3.63, 3.8) is 0 Å². The number of amides is 4. The average Bonchev–Trinajstić information content (AvgIpc) is 3.58. The molecular formula is C34H37N7O5. The molecule has 1 atom stereocenters. The Kier molecular flexibility index (Phi) is 10.7. The van der Waals surface area contributed by atoms with E-state index in [9.17, 15) is 19.2 Å². The van der Waals surface area contributed by atoms with Gasteiger partial charge in [-0.05, 0) is 55.2 Å². The Hall–Kier alpha value is -5.52. The van der Waals surface area contributed by atoms with Gasteiger partial charge in [0.1, 0.15) is 18.4 Å². The van der Waals surface area contributed by atoms with Crippen molar-refractivity contribution < 1.29 is 23.9 Å². The van der Waals surface area contributed by atoms with E-state index in [1.165, 1.54) is 11.2 Å². The topological polar surface area (TPSA) is 158 Å². The monoisotopic (exact) mass is 623 g/mol. The zero-order valence-electron chi connectivity index (χ0n) is 25.6. The number of nitrogens with one attached hydrogen (secondary N) is 4. The number of nitrogens with zero attached hydrogens (tertiary/aromatic N) is 3. The molecule has 46 heavy (non-hydrogen) atoms. The first-order chi connectivity index (χ1) is 22.4. The Morgan fingerprint density at radius 1 is 0.978 bits per heavy atom. The summed E-state index contributed by atoms with van der Waals surface area (Å²) in [6.45, 7) is 2.56. The van der Waals surface area contributed by atoms with E-state index in [0.717, 1.165) is 11.1 Å². The molecule has 0 spiro atoms. The number of aryl methyl sites for hydroxylation is 1. The molecule has 0 radical (unpaired) electrons. The van der Waals surface area contributed by atoms with Crippen LogP contribution in [0.5, 0.6) is 5.75 Å². The van der Waals surface area contributed by atoms with Gasteiger partial charge in [0.05, 0.1) is 30.7 Å². The molecule has 0 unspecified atom stereocenters. The molecule has 0 fully saturated rings. The molecule has 4 N–H and O–H groups in total.